The molecule has 0 aliphatic rings. The van der Waals surface area contributed by atoms with Crippen LogP contribution < -0.4 is 5.32 Å². The van der Waals surface area contributed by atoms with E-state index >= 15 is 0 Å². The number of rotatable bonds is 3. The smallest absolute Gasteiger partial charge is 0.0798 e. The van der Waals surface area contributed by atoms with Crippen molar-refractivity contribution in [2.24, 2.45) is 0 Å². The van der Waals surface area contributed by atoms with Gasteiger partial charge in [0.1, 0.15) is 0 Å². The third-order valence-electron chi connectivity index (χ3n) is 2.48. The van der Waals surface area contributed by atoms with E-state index in [9.17, 15) is 0 Å². The Balaban J connectivity index is 2.19. The van der Waals surface area contributed by atoms with Crippen molar-refractivity contribution in [3.05, 3.63) is 43.2 Å². The third-order valence-corrected chi connectivity index (χ3v) is 4.74. The lowest BCUT2D eigenvalue weighted by Crippen LogP contribution is -2.06. The summed E-state index contributed by atoms with van der Waals surface area (Å²) in [5.41, 5.74) is 4.08. The highest BCUT2D eigenvalue weighted by atomic mass is 79.9. The number of benzene rings is 1. The van der Waals surface area contributed by atoms with E-state index in [4.69, 9.17) is 0 Å². The minimum Gasteiger partial charge on any atom is -0.377 e. The minimum atomic E-state index is 0.264. The van der Waals surface area contributed by atoms with Gasteiger partial charge in [-0.25, -0.2) is 4.98 Å². The molecule has 0 radical (unpaired) electrons. The summed E-state index contributed by atoms with van der Waals surface area (Å²) in [5.74, 6) is 0. The highest BCUT2D eigenvalue weighted by Gasteiger charge is 2.12. The molecule has 1 heterocycles. The van der Waals surface area contributed by atoms with E-state index in [0.29, 0.717) is 0 Å². The van der Waals surface area contributed by atoms with Crippen LogP contribution in [0.25, 0.3) is 0 Å². The highest BCUT2D eigenvalue weighted by molar-refractivity contribution is 9.11. The molecule has 1 aromatic carbocycles. The van der Waals surface area contributed by atoms with Crippen LogP contribution >= 0.6 is 43.2 Å². The zero-order valence-electron chi connectivity index (χ0n) is 9.50. The van der Waals surface area contributed by atoms with E-state index in [1.807, 2.05) is 24.6 Å². The summed E-state index contributed by atoms with van der Waals surface area (Å²) in [6.45, 7) is 4.19. The largest absolute Gasteiger partial charge is 0.377 e. The van der Waals surface area contributed by atoms with Gasteiger partial charge in [0.15, 0.2) is 0 Å². The SMILES string of the molecule is Cc1ncsc1C(C)Nc1ccc(Br)cc1Br. The Kier molecular flexibility index (Phi) is 4.22. The first-order chi connectivity index (χ1) is 8.08. The van der Waals surface area contributed by atoms with Crippen molar-refractivity contribution >= 4 is 48.9 Å². The second-order valence-corrected chi connectivity index (χ2v) is 6.45. The average Bonchev–Trinajstić information content (AvgIpc) is 2.68. The summed E-state index contributed by atoms with van der Waals surface area (Å²) in [4.78, 5) is 5.55. The molecule has 1 unspecified atom stereocenters. The molecule has 2 rings (SSSR count). The third kappa shape index (κ3) is 3.09. The van der Waals surface area contributed by atoms with Crippen molar-refractivity contribution in [2.45, 2.75) is 19.9 Å². The lowest BCUT2D eigenvalue weighted by molar-refractivity contribution is 0.889. The number of halogens is 2. The summed E-state index contributed by atoms with van der Waals surface area (Å²) in [7, 11) is 0. The molecule has 17 heavy (non-hydrogen) atoms. The summed E-state index contributed by atoms with van der Waals surface area (Å²) in [6, 6.07) is 6.38. The molecule has 2 aromatic rings. The van der Waals surface area contributed by atoms with Gasteiger partial charge in [-0.3, -0.25) is 0 Å². The molecule has 1 aromatic heterocycles. The van der Waals surface area contributed by atoms with E-state index in [-0.39, 0.29) is 6.04 Å². The van der Waals surface area contributed by atoms with E-state index in [1.165, 1.54) is 4.88 Å². The molecule has 90 valence electrons. The average molecular weight is 376 g/mol. The van der Waals surface area contributed by atoms with Gasteiger partial charge in [-0.1, -0.05) is 15.9 Å². The van der Waals surface area contributed by atoms with E-state index in [2.05, 4.69) is 55.2 Å². The van der Waals surface area contributed by atoms with Crippen LogP contribution in [0.4, 0.5) is 5.69 Å². The van der Waals surface area contributed by atoms with Gasteiger partial charge in [-0.2, -0.15) is 0 Å². The van der Waals surface area contributed by atoms with Crippen molar-refractivity contribution < 1.29 is 0 Å². The van der Waals surface area contributed by atoms with Gasteiger partial charge >= 0.3 is 0 Å². The highest BCUT2D eigenvalue weighted by Crippen LogP contribution is 2.31. The first-order valence-electron chi connectivity index (χ1n) is 5.19. The van der Waals surface area contributed by atoms with Crippen LogP contribution in [0.15, 0.2) is 32.7 Å². The lowest BCUT2D eigenvalue weighted by Gasteiger charge is -2.15. The molecular weight excluding hydrogens is 364 g/mol. The number of aryl methyl sites for hydroxylation is 1. The fraction of sp³-hybridized carbons (Fsp3) is 0.250. The Morgan fingerprint density at radius 2 is 2.12 bits per heavy atom. The van der Waals surface area contributed by atoms with E-state index < -0.39 is 0 Å². The van der Waals surface area contributed by atoms with E-state index in [1.54, 1.807) is 11.3 Å². The molecule has 0 aliphatic heterocycles. The standard InChI is InChI=1S/C12H12Br2N2S/c1-7-12(17-6-15-7)8(2)16-11-4-3-9(13)5-10(11)14/h3-6,8,16H,1-2H3. The van der Waals surface area contributed by atoms with Crippen LogP contribution in [0.3, 0.4) is 0 Å². The molecule has 0 spiro atoms. The summed E-state index contributed by atoms with van der Waals surface area (Å²) >= 11 is 8.69. The second-order valence-electron chi connectivity index (χ2n) is 3.79. The zero-order chi connectivity index (χ0) is 12.4. The number of anilines is 1. The molecule has 1 atom stereocenters. The fourth-order valence-electron chi connectivity index (χ4n) is 1.63. The quantitative estimate of drug-likeness (QED) is 0.802. The first-order valence-corrected chi connectivity index (χ1v) is 7.66. The van der Waals surface area contributed by atoms with Crippen molar-refractivity contribution in [3.8, 4) is 0 Å². The first kappa shape index (κ1) is 13.1. The van der Waals surface area contributed by atoms with Crippen LogP contribution in [0.5, 0.6) is 0 Å². The number of nitrogens with zero attached hydrogens (tertiary/aromatic N) is 1. The van der Waals surface area contributed by atoms with E-state index in [0.717, 1.165) is 20.3 Å². The Hall–Kier alpha value is -0.390. The van der Waals surface area contributed by atoms with Crippen molar-refractivity contribution in [3.63, 3.8) is 0 Å². The number of nitrogens with one attached hydrogen (secondary N) is 1. The molecule has 0 saturated carbocycles. The fourth-order valence-corrected chi connectivity index (χ4v) is 3.60. The second kappa shape index (κ2) is 5.50. The Morgan fingerprint density at radius 3 is 2.71 bits per heavy atom. The number of hydrogen-bond acceptors (Lipinski definition) is 3. The zero-order valence-corrected chi connectivity index (χ0v) is 13.5. The van der Waals surface area contributed by atoms with Crippen molar-refractivity contribution in [2.75, 3.05) is 5.32 Å². The molecule has 1 N–H and O–H groups in total. The van der Waals surface area contributed by atoms with Gasteiger partial charge in [-0.05, 0) is 48.0 Å². The number of aromatic nitrogens is 1. The monoisotopic (exact) mass is 374 g/mol. The number of thiazole rings is 1. The van der Waals surface area contributed by atoms with Gasteiger partial charge < -0.3 is 5.32 Å². The molecule has 0 bridgehead atoms. The number of hydrogen-bond donors (Lipinski definition) is 1. The summed E-state index contributed by atoms with van der Waals surface area (Å²) < 4.78 is 2.12. The molecule has 5 heteroatoms. The summed E-state index contributed by atoms with van der Waals surface area (Å²) in [6.07, 6.45) is 0. The molecule has 0 fully saturated rings. The molecule has 2 nitrogen and oxygen atoms in total. The maximum absolute atomic E-state index is 4.28. The molecule has 0 aliphatic carbocycles. The lowest BCUT2D eigenvalue weighted by atomic mass is 10.2. The van der Waals surface area contributed by atoms with Crippen LogP contribution in [-0.2, 0) is 0 Å². The Morgan fingerprint density at radius 1 is 1.35 bits per heavy atom. The summed E-state index contributed by atoms with van der Waals surface area (Å²) in [5, 5.41) is 3.48. The normalized spacial score (nSPS) is 12.5. The van der Waals surface area contributed by atoms with Gasteiger partial charge in [0.05, 0.1) is 17.2 Å². The molecule has 0 amide bonds. The minimum absolute atomic E-state index is 0.264. The van der Waals surface area contributed by atoms with Crippen molar-refractivity contribution in [1.29, 1.82) is 0 Å². The van der Waals surface area contributed by atoms with Crippen LogP contribution in [0.1, 0.15) is 23.5 Å². The van der Waals surface area contributed by atoms with Gasteiger partial charge in [0, 0.05) is 19.5 Å². The maximum Gasteiger partial charge on any atom is 0.0798 e. The van der Waals surface area contributed by atoms with Gasteiger partial charge in [0.2, 0.25) is 0 Å². The predicted octanol–water partition coefficient (Wildman–Crippen LogP) is 5.15. The molecular formula is C12H12Br2N2S. The van der Waals surface area contributed by atoms with Crippen molar-refractivity contribution in [1.82, 2.24) is 4.98 Å². The van der Waals surface area contributed by atoms with Crippen LogP contribution in [-0.4, -0.2) is 4.98 Å². The predicted molar refractivity (Wildman–Crippen MR) is 80.7 cm³/mol. The Bertz CT molecular complexity index is 525. The maximum atomic E-state index is 4.28. The molecule has 0 saturated heterocycles. The van der Waals surface area contributed by atoms with Crippen LogP contribution in [0.2, 0.25) is 0 Å². The topological polar surface area (TPSA) is 24.9 Å². The van der Waals surface area contributed by atoms with Gasteiger partial charge in [-0.15, -0.1) is 11.3 Å². The van der Waals surface area contributed by atoms with Gasteiger partial charge in [0.25, 0.3) is 0 Å². The Labute approximate surface area is 122 Å². The van der Waals surface area contributed by atoms with Crippen LogP contribution in [0, 0.1) is 6.92 Å².